The Morgan fingerprint density at radius 2 is 2.00 bits per heavy atom. The van der Waals surface area contributed by atoms with Crippen molar-refractivity contribution in [1.82, 2.24) is 9.88 Å². The number of aliphatic hydroxyl groups excluding tert-OH is 1. The van der Waals surface area contributed by atoms with Gasteiger partial charge in [-0.1, -0.05) is 51.4 Å². The second kappa shape index (κ2) is 8.83. The lowest BCUT2D eigenvalue weighted by Crippen LogP contribution is -2.59. The molecule has 164 valence electrons. The largest absolute Gasteiger partial charge is 0.390 e. The van der Waals surface area contributed by atoms with Crippen LogP contribution in [0.5, 0.6) is 0 Å². The molecule has 6 nitrogen and oxygen atoms in total. The normalized spacial score (nSPS) is 22.2. The number of amides is 1. The van der Waals surface area contributed by atoms with Gasteiger partial charge in [0.1, 0.15) is 6.04 Å². The first-order chi connectivity index (χ1) is 14.1. The number of carbonyl (C=O) groups is 1. The molecule has 0 saturated carbocycles. The van der Waals surface area contributed by atoms with Crippen molar-refractivity contribution in [3.63, 3.8) is 0 Å². The fourth-order valence-corrected chi connectivity index (χ4v) is 4.93. The van der Waals surface area contributed by atoms with E-state index in [4.69, 9.17) is 11.6 Å². The molecule has 30 heavy (non-hydrogen) atoms. The number of likely N-dealkylation sites (tertiary alicyclic amines) is 1. The predicted octanol–water partition coefficient (Wildman–Crippen LogP) is 3.87. The summed E-state index contributed by atoms with van der Waals surface area (Å²) in [5, 5.41) is 27.1. The Labute approximate surface area is 186 Å². The lowest BCUT2D eigenvalue weighted by Gasteiger charge is -2.51. The third-order valence-electron chi connectivity index (χ3n) is 6.01. The van der Waals surface area contributed by atoms with Crippen LogP contribution < -0.4 is 5.32 Å². The van der Waals surface area contributed by atoms with Gasteiger partial charge in [-0.05, 0) is 30.0 Å². The number of benzene rings is 1. The molecule has 1 aromatic heterocycles. The van der Waals surface area contributed by atoms with Crippen LogP contribution in [0.4, 0.5) is 5.13 Å². The summed E-state index contributed by atoms with van der Waals surface area (Å²) in [5.41, 5.74) is -0.173. The number of halogens is 1. The zero-order valence-electron chi connectivity index (χ0n) is 17.9. The number of rotatable bonds is 6. The summed E-state index contributed by atoms with van der Waals surface area (Å²) >= 11 is 7.39. The van der Waals surface area contributed by atoms with Gasteiger partial charge in [-0.2, -0.15) is 0 Å². The molecule has 2 heterocycles. The van der Waals surface area contributed by atoms with E-state index in [9.17, 15) is 15.0 Å². The molecule has 8 heteroatoms. The Morgan fingerprint density at radius 1 is 1.33 bits per heavy atom. The Morgan fingerprint density at radius 3 is 2.53 bits per heavy atom. The van der Waals surface area contributed by atoms with Crippen molar-refractivity contribution in [2.75, 3.05) is 18.4 Å². The Hall–Kier alpha value is -1.67. The first-order valence-electron chi connectivity index (χ1n) is 10.2. The van der Waals surface area contributed by atoms with Crippen molar-refractivity contribution in [2.45, 2.75) is 52.4 Å². The minimum absolute atomic E-state index is 0.00280. The lowest BCUT2D eigenvalue weighted by atomic mass is 9.66. The summed E-state index contributed by atoms with van der Waals surface area (Å²) in [6.07, 6.45) is 0.449. The Bertz CT molecular complexity index is 884. The number of hydrogen-bond donors (Lipinski definition) is 3. The molecule has 2 atom stereocenters. The topological polar surface area (TPSA) is 85.7 Å². The van der Waals surface area contributed by atoms with E-state index in [-0.39, 0.29) is 18.4 Å². The van der Waals surface area contributed by atoms with Crippen molar-refractivity contribution < 1.29 is 15.0 Å². The molecule has 0 radical (unpaired) electrons. The molecule has 1 aliphatic rings. The Kier molecular flexibility index (Phi) is 6.77. The van der Waals surface area contributed by atoms with E-state index in [1.807, 2.05) is 44.7 Å². The molecular formula is C22H30ClN3O3S. The van der Waals surface area contributed by atoms with E-state index in [1.165, 1.54) is 11.3 Å². The van der Waals surface area contributed by atoms with Crippen molar-refractivity contribution >= 4 is 34.0 Å². The summed E-state index contributed by atoms with van der Waals surface area (Å²) < 4.78 is 0. The van der Waals surface area contributed by atoms with Crippen LogP contribution in [0.25, 0.3) is 0 Å². The summed E-state index contributed by atoms with van der Waals surface area (Å²) in [6.45, 7) is 8.76. The van der Waals surface area contributed by atoms with Gasteiger partial charge in [-0.15, -0.1) is 11.3 Å². The first-order valence-corrected chi connectivity index (χ1v) is 11.4. The fraction of sp³-hybridized carbons (Fsp3) is 0.545. The molecule has 3 rings (SSSR count). The van der Waals surface area contributed by atoms with E-state index in [0.717, 1.165) is 5.56 Å². The van der Waals surface area contributed by atoms with Crippen molar-refractivity contribution in [3.8, 4) is 0 Å². The summed E-state index contributed by atoms with van der Waals surface area (Å²) in [5.74, 6) is 0.0520. The number of piperidine rings is 1. The third kappa shape index (κ3) is 4.49. The highest BCUT2D eigenvalue weighted by Gasteiger charge is 2.50. The van der Waals surface area contributed by atoms with Crippen molar-refractivity contribution in [2.24, 2.45) is 11.3 Å². The van der Waals surface area contributed by atoms with Gasteiger partial charge in [0, 0.05) is 28.9 Å². The second-order valence-corrected chi connectivity index (χ2v) is 10.2. The van der Waals surface area contributed by atoms with Crippen LogP contribution >= 0.6 is 22.9 Å². The van der Waals surface area contributed by atoms with Gasteiger partial charge >= 0.3 is 0 Å². The highest BCUT2D eigenvalue weighted by Crippen LogP contribution is 2.46. The van der Waals surface area contributed by atoms with Gasteiger partial charge in [-0.25, -0.2) is 4.98 Å². The maximum atomic E-state index is 13.4. The third-order valence-corrected chi connectivity index (χ3v) is 7.08. The number of nitrogens with zero attached hydrogens (tertiary/aromatic N) is 2. The highest BCUT2D eigenvalue weighted by atomic mass is 35.5. The molecule has 1 saturated heterocycles. The summed E-state index contributed by atoms with van der Waals surface area (Å²) in [4.78, 5) is 19.5. The zero-order valence-corrected chi connectivity index (χ0v) is 19.4. The molecule has 2 aromatic rings. The maximum absolute atomic E-state index is 13.4. The summed E-state index contributed by atoms with van der Waals surface area (Å²) in [6, 6.07) is 6.87. The number of nitrogens with one attached hydrogen (secondary N) is 1. The van der Waals surface area contributed by atoms with Gasteiger partial charge in [-0.3, -0.25) is 4.79 Å². The van der Waals surface area contributed by atoms with Crippen LogP contribution in [0, 0.1) is 11.3 Å². The summed E-state index contributed by atoms with van der Waals surface area (Å²) in [7, 11) is 0. The minimum Gasteiger partial charge on any atom is -0.390 e. The van der Waals surface area contributed by atoms with Crippen molar-refractivity contribution in [3.05, 3.63) is 45.9 Å². The molecule has 1 aromatic carbocycles. The molecule has 0 bridgehead atoms. The number of carbonyl (C=O) groups excluding carboxylic acids is 1. The molecular weight excluding hydrogens is 422 g/mol. The standard InChI is InChI=1S/C22H30ClN3O3S/c1-14(2)18(25-20-24-17(11-27)12-30-20)19(28)26-10-9-22(29,21(3,4)13-26)15-5-7-16(23)8-6-15/h5-8,12,14,18,27,29H,9-11,13H2,1-4H3,(H,24,25). The van der Waals surface area contributed by atoms with Crippen LogP contribution in [0.1, 0.15) is 45.4 Å². The average Bonchev–Trinajstić information content (AvgIpc) is 3.15. The molecule has 0 aliphatic carbocycles. The molecule has 1 amide bonds. The maximum Gasteiger partial charge on any atom is 0.245 e. The monoisotopic (exact) mass is 451 g/mol. The van der Waals surface area contributed by atoms with E-state index in [2.05, 4.69) is 10.3 Å². The van der Waals surface area contributed by atoms with Crippen LogP contribution in [-0.4, -0.2) is 45.1 Å². The molecule has 3 N–H and O–H groups in total. The lowest BCUT2D eigenvalue weighted by molar-refractivity contribution is -0.154. The van der Waals surface area contributed by atoms with E-state index < -0.39 is 17.1 Å². The number of aromatic nitrogens is 1. The molecule has 0 spiro atoms. The second-order valence-electron chi connectivity index (χ2n) is 8.93. The van der Waals surface area contributed by atoms with Crippen LogP contribution in [-0.2, 0) is 17.0 Å². The zero-order chi connectivity index (χ0) is 22.1. The quantitative estimate of drug-likeness (QED) is 0.620. The highest BCUT2D eigenvalue weighted by molar-refractivity contribution is 7.13. The number of anilines is 1. The van der Waals surface area contributed by atoms with Gasteiger partial charge < -0.3 is 20.4 Å². The van der Waals surface area contributed by atoms with E-state index in [0.29, 0.717) is 35.4 Å². The molecule has 2 unspecified atom stereocenters. The van der Waals surface area contributed by atoms with E-state index >= 15 is 0 Å². The van der Waals surface area contributed by atoms with Crippen LogP contribution in [0.2, 0.25) is 5.02 Å². The average molecular weight is 452 g/mol. The number of aliphatic hydroxyl groups is 2. The van der Waals surface area contributed by atoms with Gasteiger partial charge in [0.25, 0.3) is 0 Å². The predicted molar refractivity (Wildman–Crippen MR) is 121 cm³/mol. The number of thiazole rings is 1. The number of hydrogen-bond acceptors (Lipinski definition) is 6. The van der Waals surface area contributed by atoms with Crippen molar-refractivity contribution in [1.29, 1.82) is 0 Å². The first kappa shape index (κ1) is 23.0. The fourth-order valence-electron chi connectivity index (χ4n) is 4.06. The SMILES string of the molecule is CC(C)C(Nc1nc(CO)cs1)C(=O)N1CCC(O)(c2ccc(Cl)cc2)C(C)(C)C1. The van der Waals surface area contributed by atoms with E-state index in [1.54, 1.807) is 17.5 Å². The van der Waals surface area contributed by atoms with Crippen LogP contribution in [0.3, 0.4) is 0 Å². The van der Waals surface area contributed by atoms with Gasteiger partial charge in [0.05, 0.1) is 17.9 Å². The molecule has 1 aliphatic heterocycles. The van der Waals surface area contributed by atoms with Gasteiger partial charge in [0.15, 0.2) is 5.13 Å². The molecule has 1 fully saturated rings. The smallest absolute Gasteiger partial charge is 0.245 e. The minimum atomic E-state index is -1.04. The Balaban J connectivity index is 1.77. The van der Waals surface area contributed by atoms with Crippen LogP contribution in [0.15, 0.2) is 29.6 Å². The van der Waals surface area contributed by atoms with Gasteiger partial charge in [0.2, 0.25) is 5.91 Å².